The third-order valence-corrected chi connectivity index (χ3v) is 8.57. The largest absolute Gasteiger partial charge is 0.494 e. The molecular weight excluding hydrogens is 620 g/mol. The van der Waals surface area contributed by atoms with Crippen LogP contribution in [0.25, 0.3) is 0 Å². The Balaban J connectivity index is 1.36. The lowest BCUT2D eigenvalue weighted by Crippen LogP contribution is -2.57. The Morgan fingerprint density at radius 3 is 2.50 bits per heavy atom. The topological polar surface area (TPSA) is 204 Å². The van der Waals surface area contributed by atoms with Crippen molar-refractivity contribution >= 4 is 17.6 Å². The first-order chi connectivity index (χ1) is 23.0. The van der Waals surface area contributed by atoms with Gasteiger partial charge in [0.1, 0.15) is 35.7 Å². The molecule has 5 N–H and O–H groups in total. The number of benzene rings is 3. The summed E-state index contributed by atoms with van der Waals surface area (Å²) in [5.41, 5.74) is -0.237. The fourth-order valence-corrected chi connectivity index (χ4v) is 6.12. The molecule has 0 amide bonds. The summed E-state index contributed by atoms with van der Waals surface area (Å²) in [5, 5.41) is 57.9. The number of ether oxygens (including phenoxy) is 2. The van der Waals surface area contributed by atoms with Crippen molar-refractivity contribution < 1.29 is 39.3 Å². The van der Waals surface area contributed by atoms with Gasteiger partial charge in [0.2, 0.25) is 0 Å². The number of aliphatic hydroxyl groups is 1. The van der Waals surface area contributed by atoms with Crippen molar-refractivity contribution in [2.45, 2.75) is 44.8 Å². The molecule has 1 aliphatic heterocycles. The molecule has 1 heterocycles. The summed E-state index contributed by atoms with van der Waals surface area (Å²) in [6.07, 6.45) is -0.204. The van der Waals surface area contributed by atoms with Gasteiger partial charge in [-0.05, 0) is 62.2 Å². The van der Waals surface area contributed by atoms with E-state index in [-0.39, 0.29) is 36.5 Å². The highest BCUT2D eigenvalue weighted by atomic mass is 16.6. The van der Waals surface area contributed by atoms with Gasteiger partial charge in [0.25, 0.3) is 5.69 Å². The van der Waals surface area contributed by atoms with Crippen molar-refractivity contribution in [2.24, 2.45) is 5.41 Å². The number of carboxylic acid groups (broad SMARTS) is 2. The lowest BCUT2D eigenvalue weighted by atomic mass is 9.60. The van der Waals surface area contributed by atoms with Gasteiger partial charge in [0.15, 0.2) is 0 Å². The van der Waals surface area contributed by atoms with E-state index in [0.29, 0.717) is 42.3 Å². The lowest BCUT2D eigenvalue weighted by Gasteiger charge is -2.46. The molecule has 0 saturated carbocycles. The van der Waals surface area contributed by atoms with E-state index in [9.17, 15) is 35.0 Å². The molecule has 0 spiro atoms. The van der Waals surface area contributed by atoms with Crippen LogP contribution in [0.15, 0.2) is 84.1 Å². The highest BCUT2D eigenvalue weighted by Gasteiger charge is 2.56. The molecule has 4 rings (SSSR count). The van der Waals surface area contributed by atoms with Crippen molar-refractivity contribution in [1.82, 2.24) is 10.6 Å². The molecule has 0 aromatic heterocycles. The van der Waals surface area contributed by atoms with Crippen molar-refractivity contribution in [3.63, 3.8) is 0 Å². The van der Waals surface area contributed by atoms with Gasteiger partial charge in [-0.1, -0.05) is 36.4 Å². The second-order valence-corrected chi connectivity index (χ2v) is 11.6. The molecule has 3 aromatic rings. The molecule has 252 valence electrons. The predicted molar refractivity (Wildman–Crippen MR) is 175 cm³/mol. The van der Waals surface area contributed by atoms with Gasteiger partial charge < -0.3 is 35.4 Å². The summed E-state index contributed by atoms with van der Waals surface area (Å²) < 4.78 is 11.5. The van der Waals surface area contributed by atoms with Crippen LogP contribution < -0.4 is 20.1 Å². The summed E-state index contributed by atoms with van der Waals surface area (Å²) in [6.45, 7) is 4.06. The third-order valence-electron chi connectivity index (χ3n) is 8.57. The van der Waals surface area contributed by atoms with Gasteiger partial charge in [-0.15, -0.1) is 0 Å². The minimum Gasteiger partial charge on any atom is -0.494 e. The Labute approximate surface area is 277 Å². The van der Waals surface area contributed by atoms with E-state index in [4.69, 9.17) is 14.7 Å². The molecule has 13 nitrogen and oxygen atoms in total. The van der Waals surface area contributed by atoms with Crippen LogP contribution in [0.2, 0.25) is 0 Å². The minimum absolute atomic E-state index is 0.0370. The predicted octanol–water partition coefficient (Wildman–Crippen LogP) is 4.01. The number of hydrogen-bond acceptors (Lipinski definition) is 10. The number of rotatable bonds is 16. The zero-order chi connectivity index (χ0) is 34.8. The Morgan fingerprint density at radius 2 is 1.83 bits per heavy atom. The van der Waals surface area contributed by atoms with E-state index in [2.05, 4.69) is 10.6 Å². The number of carboxylic acids is 2. The van der Waals surface area contributed by atoms with Crippen LogP contribution >= 0.6 is 0 Å². The first kappa shape index (κ1) is 35.4. The maximum atomic E-state index is 13.1. The average Bonchev–Trinajstić information content (AvgIpc) is 3.06. The lowest BCUT2D eigenvalue weighted by molar-refractivity contribution is -0.384. The Hall–Kier alpha value is -5.45. The molecule has 3 aromatic carbocycles. The van der Waals surface area contributed by atoms with Crippen molar-refractivity contribution in [2.75, 3.05) is 26.3 Å². The number of allylic oxidation sites excluding steroid dienone is 1. The van der Waals surface area contributed by atoms with Gasteiger partial charge >= 0.3 is 11.9 Å². The van der Waals surface area contributed by atoms with E-state index < -0.39 is 40.3 Å². The zero-order valence-corrected chi connectivity index (χ0v) is 26.6. The van der Waals surface area contributed by atoms with Gasteiger partial charge in [-0.2, -0.15) is 5.26 Å². The van der Waals surface area contributed by atoms with E-state index in [1.54, 1.807) is 50.2 Å². The maximum Gasteiger partial charge on any atom is 0.333 e. The molecule has 13 heteroatoms. The molecule has 4 atom stereocenters. The summed E-state index contributed by atoms with van der Waals surface area (Å²) in [7, 11) is 0. The van der Waals surface area contributed by atoms with Crippen LogP contribution in [0, 0.1) is 26.9 Å². The van der Waals surface area contributed by atoms with Crippen molar-refractivity contribution in [1.29, 1.82) is 5.26 Å². The first-order valence-electron chi connectivity index (χ1n) is 15.4. The SMILES string of the molecule is CC1=C(C(=O)O)C(c2cccc([N+](=O)[O-])c2)C(CCOc2ccc(CCNCC(O)COc3ccccc3C#N)cc2)(C(=O)O)C(C)N1. The van der Waals surface area contributed by atoms with E-state index in [1.807, 2.05) is 18.2 Å². The summed E-state index contributed by atoms with van der Waals surface area (Å²) >= 11 is 0. The number of nitro groups is 1. The molecule has 0 bridgehead atoms. The first-order valence-corrected chi connectivity index (χ1v) is 15.4. The fourth-order valence-electron chi connectivity index (χ4n) is 6.12. The number of non-ortho nitro benzene ring substituents is 1. The Bertz CT molecular complexity index is 1700. The Morgan fingerprint density at radius 1 is 1.10 bits per heavy atom. The summed E-state index contributed by atoms with van der Waals surface area (Å²) in [6, 6.07) is 20.8. The quantitative estimate of drug-likeness (QED) is 0.0841. The molecule has 0 fully saturated rings. The van der Waals surface area contributed by atoms with Crippen molar-refractivity contribution in [3.8, 4) is 17.6 Å². The monoisotopic (exact) mass is 658 g/mol. The number of para-hydroxylation sites is 1. The number of hydrogen-bond donors (Lipinski definition) is 5. The van der Waals surface area contributed by atoms with Gasteiger partial charge in [0, 0.05) is 42.8 Å². The van der Waals surface area contributed by atoms with E-state index >= 15 is 0 Å². The van der Waals surface area contributed by atoms with Gasteiger partial charge in [-0.3, -0.25) is 14.9 Å². The number of aliphatic carboxylic acids is 2. The van der Waals surface area contributed by atoms with E-state index in [1.165, 1.54) is 24.3 Å². The zero-order valence-electron chi connectivity index (χ0n) is 26.6. The Kier molecular flexibility index (Phi) is 11.7. The highest BCUT2D eigenvalue weighted by molar-refractivity contribution is 5.93. The summed E-state index contributed by atoms with van der Waals surface area (Å²) in [5.74, 6) is -2.85. The number of nitro benzene ring substituents is 1. The average molecular weight is 659 g/mol. The second kappa shape index (κ2) is 15.9. The fraction of sp³-hybridized carbons (Fsp3) is 0.343. The second-order valence-electron chi connectivity index (χ2n) is 11.6. The van der Waals surface area contributed by atoms with Gasteiger partial charge in [-0.25, -0.2) is 4.79 Å². The van der Waals surface area contributed by atoms with Crippen LogP contribution in [0.4, 0.5) is 5.69 Å². The van der Waals surface area contributed by atoms with Crippen LogP contribution in [-0.2, 0) is 16.0 Å². The molecule has 4 unspecified atom stereocenters. The van der Waals surface area contributed by atoms with Crippen LogP contribution in [0.3, 0.4) is 0 Å². The normalized spacial score (nSPS) is 19.5. The molecule has 1 aliphatic rings. The number of nitriles is 1. The van der Waals surface area contributed by atoms with Crippen LogP contribution in [0.5, 0.6) is 11.5 Å². The molecule has 0 radical (unpaired) electrons. The molecular formula is C35H38N4O9. The number of aliphatic hydroxyl groups excluding tert-OH is 1. The standard InChI is InChI=1S/C35H38N4O9/c1-22-31(33(41)42)32(25-7-5-8-27(18-25)39(45)46)35(34(43)44,23(2)38-22)15-17-47-29-12-10-24(11-13-29)14-16-37-20-28(40)21-48-30-9-4-3-6-26(30)19-36/h3-13,18,23,28,32,37-38,40H,14-17,20-21H2,1-2H3,(H,41,42)(H,43,44). The molecule has 0 aliphatic carbocycles. The smallest absolute Gasteiger partial charge is 0.333 e. The highest BCUT2D eigenvalue weighted by Crippen LogP contribution is 2.50. The van der Waals surface area contributed by atoms with Crippen LogP contribution in [-0.4, -0.2) is 70.6 Å². The molecule has 48 heavy (non-hydrogen) atoms. The summed E-state index contributed by atoms with van der Waals surface area (Å²) in [4.78, 5) is 36.4. The van der Waals surface area contributed by atoms with Gasteiger partial charge in [0.05, 0.1) is 22.7 Å². The number of nitrogens with one attached hydrogen (secondary N) is 2. The molecule has 0 saturated heterocycles. The number of nitrogens with zero attached hydrogens (tertiary/aromatic N) is 2. The van der Waals surface area contributed by atoms with E-state index in [0.717, 1.165) is 5.56 Å². The third kappa shape index (κ3) is 8.09. The van der Waals surface area contributed by atoms with Crippen molar-refractivity contribution in [3.05, 3.63) is 111 Å². The maximum absolute atomic E-state index is 13.1. The van der Waals surface area contributed by atoms with Crippen LogP contribution in [0.1, 0.15) is 42.9 Å². The number of carbonyl (C=O) groups is 2. The minimum atomic E-state index is -1.71.